The molecule has 0 bridgehead atoms. The third-order valence-corrected chi connectivity index (χ3v) is 4.87. The van der Waals surface area contributed by atoms with E-state index in [-0.39, 0.29) is 11.9 Å². The molecule has 4 unspecified atom stereocenters. The van der Waals surface area contributed by atoms with Gasteiger partial charge in [-0.25, -0.2) is 4.39 Å². The van der Waals surface area contributed by atoms with E-state index < -0.39 is 0 Å². The Kier molecular flexibility index (Phi) is 5.26. The lowest BCUT2D eigenvalue weighted by atomic mass is 9.85. The Morgan fingerprint density at radius 3 is 2.71 bits per heavy atom. The largest absolute Gasteiger partial charge is 0.368 e. The summed E-state index contributed by atoms with van der Waals surface area (Å²) in [6.07, 6.45) is 1.27. The average molecular weight is 292 g/mol. The number of rotatable bonds is 4. The summed E-state index contributed by atoms with van der Waals surface area (Å²) in [5.41, 5.74) is 2.26. The fourth-order valence-electron chi connectivity index (χ4n) is 3.58. The van der Waals surface area contributed by atoms with Gasteiger partial charge in [-0.15, -0.1) is 0 Å². The van der Waals surface area contributed by atoms with Crippen molar-refractivity contribution < 1.29 is 4.39 Å². The summed E-state index contributed by atoms with van der Waals surface area (Å²) in [5.74, 6) is 1.20. The van der Waals surface area contributed by atoms with Crippen LogP contribution < -0.4 is 10.2 Å². The van der Waals surface area contributed by atoms with Crippen molar-refractivity contribution in [3.05, 3.63) is 29.6 Å². The summed E-state index contributed by atoms with van der Waals surface area (Å²) in [5, 5.41) is 3.41. The highest BCUT2D eigenvalue weighted by molar-refractivity contribution is 5.56. The van der Waals surface area contributed by atoms with Crippen molar-refractivity contribution in [1.82, 2.24) is 5.32 Å². The van der Waals surface area contributed by atoms with Gasteiger partial charge in [0, 0.05) is 24.3 Å². The van der Waals surface area contributed by atoms with Gasteiger partial charge < -0.3 is 10.2 Å². The van der Waals surface area contributed by atoms with Gasteiger partial charge in [0.2, 0.25) is 0 Å². The Morgan fingerprint density at radius 1 is 1.33 bits per heavy atom. The predicted octanol–water partition coefficient (Wildman–Crippen LogP) is 4.37. The number of piperidine rings is 1. The van der Waals surface area contributed by atoms with Crippen LogP contribution in [-0.2, 0) is 0 Å². The van der Waals surface area contributed by atoms with E-state index in [1.54, 1.807) is 12.1 Å². The van der Waals surface area contributed by atoms with E-state index in [9.17, 15) is 4.39 Å². The number of benzene rings is 1. The third kappa shape index (κ3) is 3.57. The zero-order valence-electron chi connectivity index (χ0n) is 14.0. The first kappa shape index (κ1) is 16.3. The molecule has 1 aromatic carbocycles. The predicted molar refractivity (Wildman–Crippen MR) is 88.2 cm³/mol. The minimum atomic E-state index is -0.149. The van der Waals surface area contributed by atoms with Crippen molar-refractivity contribution in [2.45, 2.75) is 53.1 Å². The van der Waals surface area contributed by atoms with Gasteiger partial charge in [-0.05, 0) is 62.4 Å². The molecular weight excluding hydrogens is 263 g/mol. The molecule has 1 N–H and O–H groups in total. The number of nitrogens with zero attached hydrogens (tertiary/aromatic N) is 1. The van der Waals surface area contributed by atoms with E-state index in [0.717, 1.165) is 18.7 Å². The molecule has 0 amide bonds. The molecule has 1 heterocycles. The second-order valence-corrected chi connectivity index (χ2v) is 6.69. The first-order valence-corrected chi connectivity index (χ1v) is 8.23. The van der Waals surface area contributed by atoms with Crippen molar-refractivity contribution in [3.63, 3.8) is 0 Å². The Labute approximate surface area is 128 Å². The maximum atomic E-state index is 13.7. The number of halogens is 1. The molecule has 21 heavy (non-hydrogen) atoms. The SMILES string of the molecule is CCNC(C)c1cc(F)ccc1N1CC(C)CC(C)C1C. The second-order valence-electron chi connectivity index (χ2n) is 6.69. The number of hydrogen-bond acceptors (Lipinski definition) is 2. The standard InChI is InChI=1S/C18H29FN2/c1-6-20-14(4)17-10-16(19)7-8-18(17)21-11-12(2)9-13(3)15(21)5/h7-8,10,12-15,20H,6,9,11H2,1-5H3. The van der Waals surface area contributed by atoms with Crippen LogP contribution in [0.2, 0.25) is 0 Å². The normalized spacial score (nSPS) is 27.7. The lowest BCUT2D eigenvalue weighted by molar-refractivity contribution is 0.296. The smallest absolute Gasteiger partial charge is 0.123 e. The van der Waals surface area contributed by atoms with E-state index in [4.69, 9.17) is 0 Å². The van der Waals surface area contributed by atoms with Crippen LogP contribution in [0.1, 0.15) is 52.6 Å². The van der Waals surface area contributed by atoms with Crippen LogP contribution in [-0.4, -0.2) is 19.1 Å². The topological polar surface area (TPSA) is 15.3 Å². The molecule has 0 saturated carbocycles. The fourth-order valence-corrected chi connectivity index (χ4v) is 3.58. The zero-order valence-corrected chi connectivity index (χ0v) is 14.0. The van der Waals surface area contributed by atoms with Crippen LogP contribution in [0.15, 0.2) is 18.2 Å². The molecule has 1 aliphatic rings. The molecule has 2 rings (SSSR count). The van der Waals surface area contributed by atoms with Gasteiger partial charge in [0.05, 0.1) is 0 Å². The van der Waals surface area contributed by atoms with Gasteiger partial charge in [0.1, 0.15) is 5.82 Å². The molecule has 2 nitrogen and oxygen atoms in total. The van der Waals surface area contributed by atoms with Crippen molar-refractivity contribution in [3.8, 4) is 0 Å². The second kappa shape index (κ2) is 6.78. The minimum absolute atomic E-state index is 0.149. The summed E-state index contributed by atoms with van der Waals surface area (Å²) in [7, 11) is 0. The lowest BCUT2D eigenvalue weighted by Crippen LogP contribution is -2.46. The van der Waals surface area contributed by atoms with Crippen LogP contribution in [0.4, 0.5) is 10.1 Å². The van der Waals surface area contributed by atoms with Gasteiger partial charge in [0.15, 0.2) is 0 Å². The number of nitrogens with one attached hydrogen (secondary N) is 1. The third-order valence-electron chi connectivity index (χ3n) is 4.87. The van der Waals surface area contributed by atoms with Crippen LogP contribution in [0, 0.1) is 17.7 Å². The Balaban J connectivity index is 2.37. The van der Waals surface area contributed by atoms with Crippen LogP contribution >= 0.6 is 0 Å². The van der Waals surface area contributed by atoms with Crippen molar-refractivity contribution >= 4 is 5.69 Å². The van der Waals surface area contributed by atoms with E-state index in [1.165, 1.54) is 12.1 Å². The van der Waals surface area contributed by atoms with E-state index in [0.29, 0.717) is 17.9 Å². The van der Waals surface area contributed by atoms with Gasteiger partial charge >= 0.3 is 0 Å². The summed E-state index contributed by atoms with van der Waals surface area (Å²) in [6.45, 7) is 13.1. The molecule has 0 aromatic heterocycles. The fraction of sp³-hybridized carbons (Fsp3) is 0.667. The van der Waals surface area contributed by atoms with Crippen molar-refractivity contribution in [1.29, 1.82) is 0 Å². The molecule has 3 heteroatoms. The number of hydrogen-bond donors (Lipinski definition) is 1. The Morgan fingerprint density at radius 2 is 2.05 bits per heavy atom. The molecule has 118 valence electrons. The summed E-state index contributed by atoms with van der Waals surface area (Å²) in [6, 6.07) is 5.91. The highest BCUT2D eigenvalue weighted by Gasteiger charge is 2.30. The van der Waals surface area contributed by atoms with E-state index in [1.807, 2.05) is 6.07 Å². The van der Waals surface area contributed by atoms with Crippen LogP contribution in [0.5, 0.6) is 0 Å². The molecular formula is C18H29FN2. The first-order chi connectivity index (χ1) is 9.93. The van der Waals surface area contributed by atoms with Crippen LogP contribution in [0.3, 0.4) is 0 Å². The quantitative estimate of drug-likeness (QED) is 0.886. The Bertz CT molecular complexity index is 474. The summed E-state index contributed by atoms with van der Waals surface area (Å²) >= 11 is 0. The van der Waals surface area contributed by atoms with Gasteiger partial charge in [0.25, 0.3) is 0 Å². The highest BCUT2D eigenvalue weighted by atomic mass is 19.1. The molecule has 4 atom stereocenters. The molecule has 0 radical (unpaired) electrons. The summed E-state index contributed by atoms with van der Waals surface area (Å²) < 4.78 is 13.7. The van der Waals surface area contributed by atoms with Gasteiger partial charge in [-0.1, -0.05) is 20.8 Å². The van der Waals surface area contributed by atoms with Crippen LogP contribution in [0.25, 0.3) is 0 Å². The molecule has 1 fully saturated rings. The monoisotopic (exact) mass is 292 g/mol. The minimum Gasteiger partial charge on any atom is -0.368 e. The van der Waals surface area contributed by atoms with E-state index >= 15 is 0 Å². The van der Waals surface area contributed by atoms with Gasteiger partial charge in [-0.3, -0.25) is 0 Å². The van der Waals surface area contributed by atoms with Crippen molar-refractivity contribution in [2.75, 3.05) is 18.0 Å². The maximum Gasteiger partial charge on any atom is 0.123 e. The zero-order chi connectivity index (χ0) is 15.6. The van der Waals surface area contributed by atoms with Gasteiger partial charge in [-0.2, -0.15) is 0 Å². The van der Waals surface area contributed by atoms with Crippen molar-refractivity contribution in [2.24, 2.45) is 11.8 Å². The molecule has 0 aliphatic carbocycles. The summed E-state index contributed by atoms with van der Waals surface area (Å²) in [4.78, 5) is 2.47. The Hall–Kier alpha value is -1.09. The molecule has 0 spiro atoms. The number of anilines is 1. The molecule has 1 aliphatic heterocycles. The maximum absolute atomic E-state index is 13.7. The highest BCUT2D eigenvalue weighted by Crippen LogP contribution is 2.35. The first-order valence-electron chi connectivity index (χ1n) is 8.23. The van der Waals surface area contributed by atoms with E-state index in [2.05, 4.69) is 44.8 Å². The molecule has 1 saturated heterocycles. The average Bonchev–Trinajstić information content (AvgIpc) is 2.43. The lowest BCUT2D eigenvalue weighted by Gasteiger charge is -2.44. The molecule has 1 aromatic rings.